The van der Waals surface area contributed by atoms with E-state index in [9.17, 15) is 4.79 Å². The highest BCUT2D eigenvalue weighted by Gasteiger charge is 2.26. The van der Waals surface area contributed by atoms with Gasteiger partial charge in [0.2, 0.25) is 5.91 Å². The lowest BCUT2D eigenvalue weighted by atomic mass is 9.95. The van der Waals surface area contributed by atoms with Crippen LogP contribution >= 0.6 is 0 Å². The Morgan fingerprint density at radius 2 is 2.25 bits per heavy atom. The van der Waals surface area contributed by atoms with E-state index in [-0.39, 0.29) is 17.9 Å². The van der Waals surface area contributed by atoms with E-state index in [2.05, 4.69) is 27.1 Å². The van der Waals surface area contributed by atoms with Gasteiger partial charge in [-0.05, 0) is 38.3 Å². The summed E-state index contributed by atoms with van der Waals surface area (Å²) in [4.78, 5) is 23.1. The van der Waals surface area contributed by atoms with E-state index < -0.39 is 0 Å². The summed E-state index contributed by atoms with van der Waals surface area (Å²) in [6.07, 6.45) is 10.3. The quantitative estimate of drug-likeness (QED) is 0.882. The number of hydrogen-bond acceptors (Lipinski definition) is 5. The predicted octanol–water partition coefficient (Wildman–Crippen LogP) is 2.42. The molecule has 0 aromatic carbocycles. The van der Waals surface area contributed by atoms with Crippen molar-refractivity contribution in [2.45, 2.75) is 38.6 Å². The van der Waals surface area contributed by atoms with Crippen molar-refractivity contribution in [2.75, 3.05) is 18.0 Å². The summed E-state index contributed by atoms with van der Waals surface area (Å²) in [6, 6.07) is 4.01. The summed E-state index contributed by atoms with van der Waals surface area (Å²) in [5.74, 6) is 2.11. The lowest BCUT2D eigenvalue weighted by Crippen LogP contribution is -2.43. The number of nitrogens with zero attached hydrogens (tertiary/aromatic N) is 3. The van der Waals surface area contributed by atoms with Crippen LogP contribution in [0.25, 0.3) is 0 Å². The van der Waals surface area contributed by atoms with Crippen LogP contribution in [0.3, 0.4) is 0 Å². The first kappa shape index (κ1) is 16.5. The average molecular weight is 328 g/mol. The van der Waals surface area contributed by atoms with E-state index in [1.54, 1.807) is 24.9 Å². The fourth-order valence-electron chi connectivity index (χ4n) is 3.07. The molecule has 1 aliphatic rings. The van der Waals surface area contributed by atoms with Crippen LogP contribution in [0, 0.1) is 5.92 Å². The van der Waals surface area contributed by atoms with Crippen LogP contribution in [-0.2, 0) is 11.2 Å². The highest BCUT2D eigenvalue weighted by molar-refractivity contribution is 5.79. The van der Waals surface area contributed by atoms with E-state index in [0.29, 0.717) is 0 Å². The van der Waals surface area contributed by atoms with Gasteiger partial charge in [-0.1, -0.05) is 0 Å². The first-order valence-electron chi connectivity index (χ1n) is 8.56. The van der Waals surface area contributed by atoms with E-state index in [4.69, 9.17) is 4.42 Å². The van der Waals surface area contributed by atoms with Crippen molar-refractivity contribution in [1.82, 2.24) is 15.3 Å². The van der Waals surface area contributed by atoms with E-state index in [1.165, 1.54) is 0 Å². The van der Waals surface area contributed by atoms with E-state index in [0.717, 1.165) is 50.4 Å². The van der Waals surface area contributed by atoms with Crippen molar-refractivity contribution >= 4 is 11.7 Å². The minimum absolute atomic E-state index is 0.0870. The van der Waals surface area contributed by atoms with Gasteiger partial charge in [0.1, 0.15) is 11.6 Å². The van der Waals surface area contributed by atoms with Crippen molar-refractivity contribution < 1.29 is 9.21 Å². The number of rotatable bonds is 6. The Morgan fingerprint density at radius 3 is 2.92 bits per heavy atom. The molecule has 6 heteroatoms. The number of aromatic nitrogens is 2. The number of anilines is 1. The van der Waals surface area contributed by atoms with Gasteiger partial charge in [-0.3, -0.25) is 9.78 Å². The molecule has 3 heterocycles. The topological polar surface area (TPSA) is 71.3 Å². The Morgan fingerprint density at radius 1 is 1.42 bits per heavy atom. The fraction of sp³-hybridized carbons (Fsp3) is 0.500. The Hall–Kier alpha value is -2.37. The third-order valence-corrected chi connectivity index (χ3v) is 4.53. The minimum Gasteiger partial charge on any atom is -0.469 e. The Kier molecular flexibility index (Phi) is 5.46. The van der Waals surface area contributed by atoms with Gasteiger partial charge in [0.05, 0.1) is 12.5 Å². The molecular formula is C18H24N4O2. The first-order valence-corrected chi connectivity index (χ1v) is 8.56. The van der Waals surface area contributed by atoms with Crippen molar-refractivity contribution in [2.24, 2.45) is 5.92 Å². The highest BCUT2D eigenvalue weighted by Crippen LogP contribution is 2.21. The molecule has 1 amide bonds. The predicted molar refractivity (Wildman–Crippen MR) is 91.6 cm³/mol. The number of carbonyl (C=O) groups is 1. The normalized spacial score (nSPS) is 16.8. The second kappa shape index (κ2) is 7.95. The van der Waals surface area contributed by atoms with E-state index >= 15 is 0 Å². The van der Waals surface area contributed by atoms with Gasteiger partial charge in [-0.2, -0.15) is 0 Å². The zero-order valence-corrected chi connectivity index (χ0v) is 14.0. The number of amides is 1. The molecule has 24 heavy (non-hydrogen) atoms. The molecular weight excluding hydrogens is 304 g/mol. The molecule has 0 radical (unpaired) electrons. The second-order valence-corrected chi connectivity index (χ2v) is 6.35. The standard InChI is InChI=1S/C18H24N4O2/c1-14(4-5-16-3-2-12-24-16)21-18(23)15-6-10-22(11-7-15)17-13-19-8-9-20-17/h2-3,8-9,12-15H,4-7,10-11H2,1H3,(H,21,23)/t14-/m1/s1. The summed E-state index contributed by atoms with van der Waals surface area (Å²) in [6.45, 7) is 3.74. The number of furan rings is 1. The molecule has 1 fully saturated rings. The molecule has 2 aromatic rings. The van der Waals surface area contributed by atoms with Gasteiger partial charge in [0.25, 0.3) is 0 Å². The summed E-state index contributed by atoms with van der Waals surface area (Å²) < 4.78 is 5.33. The third kappa shape index (κ3) is 4.34. The van der Waals surface area contributed by atoms with Crippen molar-refractivity contribution in [3.63, 3.8) is 0 Å². The lowest BCUT2D eigenvalue weighted by molar-refractivity contribution is -0.126. The van der Waals surface area contributed by atoms with Gasteiger partial charge >= 0.3 is 0 Å². The summed E-state index contributed by atoms with van der Waals surface area (Å²) in [7, 11) is 0. The first-order chi connectivity index (χ1) is 11.7. The van der Waals surface area contributed by atoms with E-state index in [1.807, 2.05) is 12.1 Å². The minimum atomic E-state index is 0.0870. The van der Waals surface area contributed by atoms with Crippen molar-refractivity contribution in [3.8, 4) is 0 Å². The number of nitrogens with one attached hydrogen (secondary N) is 1. The zero-order chi connectivity index (χ0) is 16.8. The molecule has 3 rings (SSSR count). The summed E-state index contributed by atoms with van der Waals surface area (Å²) in [5.41, 5.74) is 0. The molecule has 6 nitrogen and oxygen atoms in total. The number of carbonyl (C=O) groups excluding carboxylic acids is 1. The van der Waals surface area contributed by atoms with Crippen LogP contribution in [0.4, 0.5) is 5.82 Å². The van der Waals surface area contributed by atoms with Crippen molar-refractivity contribution in [3.05, 3.63) is 42.7 Å². The van der Waals surface area contributed by atoms with Crippen LogP contribution in [0.2, 0.25) is 0 Å². The molecule has 0 bridgehead atoms. The Labute approximate surface area is 142 Å². The largest absolute Gasteiger partial charge is 0.469 e. The molecule has 1 N–H and O–H groups in total. The Bertz CT molecular complexity index is 622. The maximum atomic E-state index is 12.4. The Balaban J connectivity index is 1.41. The molecule has 1 saturated heterocycles. The van der Waals surface area contributed by atoms with Crippen LogP contribution in [-0.4, -0.2) is 35.0 Å². The maximum absolute atomic E-state index is 12.4. The average Bonchev–Trinajstić information content (AvgIpc) is 3.14. The molecule has 0 saturated carbocycles. The summed E-state index contributed by atoms with van der Waals surface area (Å²) >= 11 is 0. The van der Waals surface area contributed by atoms with Crippen molar-refractivity contribution in [1.29, 1.82) is 0 Å². The van der Waals surface area contributed by atoms with Gasteiger partial charge in [-0.25, -0.2) is 4.98 Å². The van der Waals surface area contributed by atoms with Gasteiger partial charge < -0.3 is 14.6 Å². The monoisotopic (exact) mass is 328 g/mol. The van der Waals surface area contributed by atoms with Crippen LogP contribution in [0.5, 0.6) is 0 Å². The summed E-state index contributed by atoms with van der Waals surface area (Å²) in [5, 5.41) is 3.14. The smallest absolute Gasteiger partial charge is 0.223 e. The molecule has 0 aliphatic carbocycles. The number of piperidine rings is 1. The molecule has 0 unspecified atom stereocenters. The fourth-order valence-corrected chi connectivity index (χ4v) is 3.07. The molecule has 128 valence electrons. The number of hydrogen-bond donors (Lipinski definition) is 1. The van der Waals surface area contributed by atoms with Gasteiger partial charge in [0.15, 0.2) is 0 Å². The van der Waals surface area contributed by atoms with Gasteiger partial charge in [0, 0.05) is 43.9 Å². The third-order valence-electron chi connectivity index (χ3n) is 4.53. The second-order valence-electron chi connectivity index (χ2n) is 6.35. The molecule has 0 spiro atoms. The highest BCUT2D eigenvalue weighted by atomic mass is 16.3. The van der Waals surface area contributed by atoms with Crippen LogP contribution < -0.4 is 10.2 Å². The van der Waals surface area contributed by atoms with Gasteiger partial charge in [-0.15, -0.1) is 0 Å². The SMILES string of the molecule is C[C@H](CCc1ccco1)NC(=O)C1CCN(c2cnccn2)CC1. The molecule has 1 atom stereocenters. The molecule has 1 aliphatic heterocycles. The maximum Gasteiger partial charge on any atom is 0.223 e. The zero-order valence-electron chi connectivity index (χ0n) is 14.0. The lowest BCUT2D eigenvalue weighted by Gasteiger charge is -2.32. The number of aryl methyl sites for hydroxylation is 1. The van der Waals surface area contributed by atoms with Crippen LogP contribution in [0.15, 0.2) is 41.4 Å². The van der Waals surface area contributed by atoms with Crippen LogP contribution in [0.1, 0.15) is 31.9 Å². The molecule has 2 aromatic heterocycles.